The first kappa shape index (κ1) is 16.1. The molecule has 2 atom stereocenters. The maximum Gasteiger partial charge on any atom is 0.223 e. The van der Waals surface area contributed by atoms with Crippen molar-refractivity contribution >= 4 is 5.91 Å². The lowest BCUT2D eigenvalue weighted by atomic mass is 9.92. The van der Waals surface area contributed by atoms with Crippen LogP contribution >= 0.6 is 0 Å². The summed E-state index contributed by atoms with van der Waals surface area (Å²) < 4.78 is 0. The van der Waals surface area contributed by atoms with Crippen molar-refractivity contribution in [2.75, 3.05) is 26.2 Å². The number of carbonyl (C=O) groups excluding carboxylic acids is 1. The molecule has 1 amide bonds. The van der Waals surface area contributed by atoms with Crippen LogP contribution in [0, 0.1) is 11.3 Å². The minimum absolute atomic E-state index is 0.281. The largest absolute Gasteiger partial charge is 0.354 e. The summed E-state index contributed by atoms with van der Waals surface area (Å²) in [5.41, 5.74) is 1.71. The van der Waals surface area contributed by atoms with Gasteiger partial charge in [0.1, 0.15) is 0 Å². The van der Waals surface area contributed by atoms with Gasteiger partial charge in [-0.2, -0.15) is 0 Å². The van der Waals surface area contributed by atoms with Crippen LogP contribution < -0.4 is 10.6 Å². The van der Waals surface area contributed by atoms with Crippen LogP contribution in [0.1, 0.15) is 37.7 Å². The van der Waals surface area contributed by atoms with Crippen molar-refractivity contribution in [2.24, 2.45) is 11.3 Å². The van der Waals surface area contributed by atoms with E-state index in [0.717, 1.165) is 39.1 Å². The molecule has 1 spiro atoms. The summed E-state index contributed by atoms with van der Waals surface area (Å²) in [6.07, 6.45) is 5.90. The van der Waals surface area contributed by atoms with E-state index in [1.807, 2.05) is 0 Å². The van der Waals surface area contributed by atoms with Gasteiger partial charge in [0.05, 0.1) is 0 Å². The van der Waals surface area contributed by atoms with Crippen LogP contribution in [0.2, 0.25) is 0 Å². The molecule has 3 aliphatic rings. The normalized spacial score (nSPS) is 28.8. The summed E-state index contributed by atoms with van der Waals surface area (Å²) in [7, 11) is 0. The van der Waals surface area contributed by atoms with Gasteiger partial charge in [-0.3, -0.25) is 9.69 Å². The van der Waals surface area contributed by atoms with E-state index in [-0.39, 0.29) is 5.92 Å². The molecule has 2 aliphatic heterocycles. The van der Waals surface area contributed by atoms with Crippen LogP contribution in [-0.4, -0.2) is 43.0 Å². The van der Waals surface area contributed by atoms with Crippen LogP contribution in [0.5, 0.6) is 0 Å². The smallest absolute Gasteiger partial charge is 0.223 e. The van der Waals surface area contributed by atoms with Crippen LogP contribution in [-0.2, 0) is 11.3 Å². The molecule has 1 aromatic carbocycles. The average molecular weight is 327 g/mol. The number of hydrogen-bond donors (Lipinski definition) is 2. The maximum absolute atomic E-state index is 12.6. The highest BCUT2D eigenvalue weighted by molar-refractivity contribution is 5.82. The molecule has 3 fully saturated rings. The lowest BCUT2D eigenvalue weighted by Gasteiger charge is -2.26. The minimum Gasteiger partial charge on any atom is -0.354 e. The van der Waals surface area contributed by atoms with Crippen LogP contribution in [0.15, 0.2) is 30.3 Å². The van der Waals surface area contributed by atoms with E-state index in [0.29, 0.717) is 17.4 Å². The van der Waals surface area contributed by atoms with Gasteiger partial charge in [0.25, 0.3) is 0 Å². The highest BCUT2D eigenvalue weighted by atomic mass is 16.2. The molecule has 24 heavy (non-hydrogen) atoms. The minimum atomic E-state index is 0.281. The summed E-state index contributed by atoms with van der Waals surface area (Å²) in [6, 6.07) is 11.2. The second-order valence-electron chi connectivity index (χ2n) is 7.87. The maximum atomic E-state index is 12.6. The lowest BCUT2D eigenvalue weighted by molar-refractivity contribution is -0.123. The van der Waals surface area contributed by atoms with E-state index < -0.39 is 0 Å². The molecular formula is C20H29N3O. The van der Waals surface area contributed by atoms with E-state index in [4.69, 9.17) is 0 Å². The quantitative estimate of drug-likeness (QED) is 0.871. The Hall–Kier alpha value is -1.39. The van der Waals surface area contributed by atoms with Crippen LogP contribution in [0.4, 0.5) is 0 Å². The lowest BCUT2D eigenvalue weighted by Crippen LogP contribution is -2.41. The van der Waals surface area contributed by atoms with Gasteiger partial charge in [0.15, 0.2) is 0 Å². The zero-order valence-corrected chi connectivity index (χ0v) is 14.5. The number of carbonyl (C=O) groups is 1. The van der Waals surface area contributed by atoms with Crippen molar-refractivity contribution in [3.05, 3.63) is 35.9 Å². The van der Waals surface area contributed by atoms with Crippen molar-refractivity contribution in [1.29, 1.82) is 0 Å². The third kappa shape index (κ3) is 3.35. The Labute approximate surface area is 145 Å². The van der Waals surface area contributed by atoms with Crippen LogP contribution in [0.25, 0.3) is 0 Å². The Bertz CT molecular complexity index is 568. The third-order valence-electron chi connectivity index (χ3n) is 6.35. The van der Waals surface area contributed by atoms with Crippen molar-refractivity contribution < 1.29 is 4.79 Å². The summed E-state index contributed by atoms with van der Waals surface area (Å²) in [5.74, 6) is 0.590. The topological polar surface area (TPSA) is 44.4 Å². The molecular weight excluding hydrogens is 298 g/mol. The third-order valence-corrected chi connectivity index (χ3v) is 6.35. The fraction of sp³-hybridized carbons (Fsp3) is 0.650. The Morgan fingerprint density at radius 3 is 2.83 bits per heavy atom. The molecule has 4 nitrogen and oxygen atoms in total. The first-order valence-corrected chi connectivity index (χ1v) is 9.53. The molecule has 2 unspecified atom stereocenters. The number of nitrogens with one attached hydrogen (secondary N) is 2. The monoisotopic (exact) mass is 327 g/mol. The number of piperidine rings is 1. The van der Waals surface area contributed by atoms with E-state index in [1.54, 1.807) is 0 Å². The molecule has 1 aliphatic carbocycles. The SMILES string of the molecule is O=C(NCC1CCCN1Cc1ccccc1)C1CC12CCNCC2. The summed E-state index contributed by atoms with van der Waals surface area (Å²) in [5, 5.41) is 6.68. The molecule has 2 N–H and O–H groups in total. The average Bonchev–Trinajstić information content (AvgIpc) is 3.12. The van der Waals surface area contributed by atoms with Crippen molar-refractivity contribution in [2.45, 2.75) is 44.7 Å². The summed E-state index contributed by atoms with van der Waals surface area (Å²) in [6.45, 7) is 5.12. The molecule has 4 heteroatoms. The fourth-order valence-corrected chi connectivity index (χ4v) is 4.69. The number of hydrogen-bond acceptors (Lipinski definition) is 3. The highest BCUT2D eigenvalue weighted by Gasteiger charge is 2.57. The second kappa shape index (κ2) is 6.85. The van der Waals surface area contributed by atoms with Crippen molar-refractivity contribution in [3.8, 4) is 0 Å². The molecule has 1 saturated carbocycles. The zero-order valence-electron chi connectivity index (χ0n) is 14.5. The predicted octanol–water partition coefficient (Wildman–Crippen LogP) is 2.16. The fourth-order valence-electron chi connectivity index (χ4n) is 4.69. The number of nitrogens with zero attached hydrogens (tertiary/aromatic N) is 1. The van der Waals surface area contributed by atoms with Gasteiger partial charge in [0, 0.05) is 25.0 Å². The number of amides is 1. The second-order valence-corrected chi connectivity index (χ2v) is 7.87. The summed E-state index contributed by atoms with van der Waals surface area (Å²) in [4.78, 5) is 15.1. The Kier molecular flexibility index (Phi) is 4.59. The Balaban J connectivity index is 1.27. The van der Waals surface area contributed by atoms with Crippen molar-refractivity contribution in [3.63, 3.8) is 0 Å². The molecule has 1 aromatic rings. The highest BCUT2D eigenvalue weighted by Crippen LogP contribution is 2.58. The van der Waals surface area contributed by atoms with Gasteiger partial charge in [-0.15, -0.1) is 0 Å². The molecule has 2 heterocycles. The van der Waals surface area contributed by atoms with E-state index in [9.17, 15) is 4.79 Å². The molecule has 130 valence electrons. The zero-order chi connectivity index (χ0) is 16.4. The van der Waals surface area contributed by atoms with E-state index in [1.165, 1.54) is 31.2 Å². The predicted molar refractivity (Wildman–Crippen MR) is 95.5 cm³/mol. The van der Waals surface area contributed by atoms with E-state index >= 15 is 0 Å². The molecule has 0 bridgehead atoms. The number of benzene rings is 1. The van der Waals surface area contributed by atoms with Crippen LogP contribution in [0.3, 0.4) is 0 Å². The first-order chi connectivity index (χ1) is 11.8. The number of likely N-dealkylation sites (tertiary alicyclic amines) is 1. The van der Waals surface area contributed by atoms with Gasteiger partial charge < -0.3 is 10.6 Å². The molecule has 2 saturated heterocycles. The number of rotatable bonds is 5. The van der Waals surface area contributed by atoms with Gasteiger partial charge in [-0.25, -0.2) is 0 Å². The molecule has 0 radical (unpaired) electrons. The molecule has 4 rings (SSSR count). The standard InChI is InChI=1S/C20H29N3O/c24-19(18-13-20(18)8-10-21-11-9-20)22-14-17-7-4-12-23(17)15-16-5-2-1-3-6-16/h1-3,5-6,17-18,21H,4,7-15H2,(H,22,24). The Morgan fingerprint density at radius 2 is 2.04 bits per heavy atom. The summed E-state index contributed by atoms with van der Waals surface area (Å²) >= 11 is 0. The first-order valence-electron chi connectivity index (χ1n) is 9.53. The van der Waals surface area contributed by atoms with Gasteiger partial charge in [-0.1, -0.05) is 30.3 Å². The van der Waals surface area contributed by atoms with Gasteiger partial charge in [-0.05, 0) is 62.7 Å². The van der Waals surface area contributed by atoms with Gasteiger partial charge >= 0.3 is 0 Å². The molecule has 0 aromatic heterocycles. The van der Waals surface area contributed by atoms with E-state index in [2.05, 4.69) is 45.9 Å². The Morgan fingerprint density at radius 1 is 1.25 bits per heavy atom. The van der Waals surface area contributed by atoms with Crippen molar-refractivity contribution in [1.82, 2.24) is 15.5 Å². The van der Waals surface area contributed by atoms with Gasteiger partial charge in [0.2, 0.25) is 5.91 Å².